The molecule has 1 atom stereocenters. The molecule has 1 saturated heterocycles. The molecule has 124 valence electrons. The number of aliphatic hydroxyl groups excluding tert-OH is 1. The molecule has 0 unspecified atom stereocenters. The van der Waals surface area contributed by atoms with Gasteiger partial charge in [-0.3, -0.25) is 4.90 Å². The van der Waals surface area contributed by atoms with Crippen LogP contribution >= 0.6 is 0 Å². The second kappa shape index (κ2) is 7.39. The number of hydrogen-bond acceptors (Lipinski definition) is 3. The van der Waals surface area contributed by atoms with E-state index in [1.54, 1.807) is 0 Å². The van der Waals surface area contributed by atoms with E-state index in [2.05, 4.69) is 5.32 Å². The molecule has 22 heavy (non-hydrogen) atoms. The lowest BCUT2D eigenvalue weighted by molar-refractivity contribution is -0.139. The third-order valence-electron chi connectivity index (χ3n) is 3.91. The fourth-order valence-electron chi connectivity index (χ4n) is 2.88. The van der Waals surface area contributed by atoms with E-state index in [-0.39, 0.29) is 12.2 Å². The topological polar surface area (TPSA) is 35.5 Å². The van der Waals surface area contributed by atoms with Crippen LogP contribution in [0.15, 0.2) is 18.2 Å². The Hall–Kier alpha value is -1.18. The SMILES string of the molecule is OCCC[C@H](c1ccc(F)cc1C(F)(F)F)N1CCNCC1. The van der Waals surface area contributed by atoms with Crippen molar-refractivity contribution in [3.63, 3.8) is 0 Å². The summed E-state index contributed by atoms with van der Waals surface area (Å²) < 4.78 is 53.0. The number of piperazine rings is 1. The van der Waals surface area contributed by atoms with E-state index in [0.29, 0.717) is 45.1 Å². The lowest BCUT2D eigenvalue weighted by Gasteiger charge is -2.36. The average Bonchev–Trinajstić information content (AvgIpc) is 2.49. The maximum atomic E-state index is 13.3. The predicted molar refractivity (Wildman–Crippen MR) is 74.9 cm³/mol. The number of benzene rings is 1. The Morgan fingerprint density at radius 3 is 2.50 bits per heavy atom. The first-order chi connectivity index (χ1) is 10.4. The Kier molecular flexibility index (Phi) is 5.77. The van der Waals surface area contributed by atoms with Gasteiger partial charge in [-0.1, -0.05) is 6.07 Å². The Morgan fingerprint density at radius 2 is 1.91 bits per heavy atom. The maximum absolute atomic E-state index is 13.3. The van der Waals surface area contributed by atoms with E-state index in [1.807, 2.05) is 4.90 Å². The Morgan fingerprint density at radius 1 is 1.23 bits per heavy atom. The molecule has 0 amide bonds. The molecule has 0 spiro atoms. The highest BCUT2D eigenvalue weighted by Crippen LogP contribution is 2.38. The van der Waals surface area contributed by atoms with E-state index in [1.165, 1.54) is 6.07 Å². The summed E-state index contributed by atoms with van der Waals surface area (Å²) in [5, 5.41) is 12.2. The van der Waals surface area contributed by atoms with Gasteiger partial charge < -0.3 is 10.4 Å². The standard InChI is InChI=1S/C15H20F4N2O/c16-11-3-4-12(13(10-11)15(17,18)19)14(2-1-9-22)21-7-5-20-6-8-21/h3-4,10,14,20,22H,1-2,5-9H2/t14-/m1/s1. The van der Waals surface area contributed by atoms with E-state index < -0.39 is 23.6 Å². The highest BCUT2D eigenvalue weighted by atomic mass is 19.4. The number of rotatable bonds is 5. The molecule has 1 aromatic rings. The molecule has 0 radical (unpaired) electrons. The van der Waals surface area contributed by atoms with Gasteiger partial charge in [-0.25, -0.2) is 4.39 Å². The summed E-state index contributed by atoms with van der Waals surface area (Å²) >= 11 is 0. The first-order valence-electron chi connectivity index (χ1n) is 7.35. The molecule has 1 aliphatic rings. The van der Waals surface area contributed by atoms with Crippen molar-refractivity contribution in [1.82, 2.24) is 10.2 Å². The summed E-state index contributed by atoms with van der Waals surface area (Å²) in [6, 6.07) is 2.39. The van der Waals surface area contributed by atoms with Crippen LogP contribution in [-0.2, 0) is 6.18 Å². The zero-order chi connectivity index (χ0) is 16.2. The van der Waals surface area contributed by atoms with Crippen molar-refractivity contribution in [3.8, 4) is 0 Å². The highest BCUT2D eigenvalue weighted by molar-refractivity contribution is 5.33. The lowest BCUT2D eigenvalue weighted by atomic mass is 9.94. The zero-order valence-corrected chi connectivity index (χ0v) is 12.2. The molecule has 7 heteroatoms. The summed E-state index contributed by atoms with van der Waals surface area (Å²) in [6.07, 6.45) is -3.78. The molecule has 2 N–H and O–H groups in total. The summed E-state index contributed by atoms with van der Waals surface area (Å²) in [4.78, 5) is 1.97. The molecule has 1 aromatic carbocycles. The molecule has 1 aliphatic heterocycles. The first kappa shape index (κ1) is 17.2. The number of aliphatic hydroxyl groups is 1. The van der Waals surface area contributed by atoms with Gasteiger partial charge in [0.2, 0.25) is 0 Å². The van der Waals surface area contributed by atoms with E-state index >= 15 is 0 Å². The third kappa shape index (κ3) is 4.18. The van der Waals surface area contributed by atoms with Crippen molar-refractivity contribution in [2.45, 2.75) is 25.1 Å². The van der Waals surface area contributed by atoms with Gasteiger partial charge in [0.15, 0.2) is 0 Å². The van der Waals surface area contributed by atoms with Crippen LogP contribution in [0.2, 0.25) is 0 Å². The van der Waals surface area contributed by atoms with Crippen LogP contribution in [0.3, 0.4) is 0 Å². The molecule has 1 fully saturated rings. The van der Waals surface area contributed by atoms with Crippen LogP contribution in [0.1, 0.15) is 30.0 Å². The van der Waals surface area contributed by atoms with Crippen molar-refractivity contribution >= 4 is 0 Å². The number of halogens is 4. The van der Waals surface area contributed by atoms with Crippen LogP contribution in [0.4, 0.5) is 17.6 Å². The fraction of sp³-hybridized carbons (Fsp3) is 0.600. The molecule has 3 nitrogen and oxygen atoms in total. The summed E-state index contributed by atoms with van der Waals surface area (Å²) in [6.45, 7) is 2.59. The maximum Gasteiger partial charge on any atom is 0.416 e. The van der Waals surface area contributed by atoms with Gasteiger partial charge >= 0.3 is 6.18 Å². The van der Waals surface area contributed by atoms with Crippen molar-refractivity contribution in [2.75, 3.05) is 32.8 Å². The van der Waals surface area contributed by atoms with Gasteiger partial charge in [-0.2, -0.15) is 13.2 Å². The quantitative estimate of drug-likeness (QED) is 0.819. The number of alkyl halides is 3. The minimum Gasteiger partial charge on any atom is -0.396 e. The lowest BCUT2D eigenvalue weighted by Crippen LogP contribution is -2.45. The number of nitrogens with zero attached hydrogens (tertiary/aromatic N) is 1. The van der Waals surface area contributed by atoms with Crippen molar-refractivity contribution < 1.29 is 22.7 Å². The van der Waals surface area contributed by atoms with Crippen LogP contribution in [0.25, 0.3) is 0 Å². The van der Waals surface area contributed by atoms with Gasteiger partial charge in [-0.05, 0) is 30.5 Å². The first-order valence-corrected chi connectivity index (χ1v) is 7.35. The van der Waals surface area contributed by atoms with Gasteiger partial charge in [-0.15, -0.1) is 0 Å². The summed E-state index contributed by atoms with van der Waals surface area (Å²) in [5.41, 5.74) is -0.835. The Labute approximate surface area is 126 Å². The van der Waals surface area contributed by atoms with E-state index in [0.717, 1.165) is 6.07 Å². The molecule has 0 bridgehead atoms. The number of nitrogens with one attached hydrogen (secondary N) is 1. The van der Waals surface area contributed by atoms with Gasteiger partial charge in [0.05, 0.1) is 5.56 Å². The second-order valence-corrected chi connectivity index (χ2v) is 5.40. The Balaban J connectivity index is 2.37. The van der Waals surface area contributed by atoms with E-state index in [4.69, 9.17) is 5.11 Å². The van der Waals surface area contributed by atoms with Gasteiger partial charge in [0, 0.05) is 38.8 Å². The fourth-order valence-corrected chi connectivity index (χ4v) is 2.88. The Bertz CT molecular complexity index is 487. The van der Waals surface area contributed by atoms with E-state index in [9.17, 15) is 17.6 Å². The predicted octanol–water partition coefficient (Wildman–Crippen LogP) is 2.56. The van der Waals surface area contributed by atoms with Crippen LogP contribution in [0, 0.1) is 5.82 Å². The smallest absolute Gasteiger partial charge is 0.396 e. The van der Waals surface area contributed by atoms with Crippen molar-refractivity contribution in [1.29, 1.82) is 0 Å². The summed E-state index contributed by atoms with van der Waals surface area (Å²) in [5.74, 6) is -0.891. The third-order valence-corrected chi connectivity index (χ3v) is 3.91. The highest BCUT2D eigenvalue weighted by Gasteiger charge is 2.37. The minimum atomic E-state index is -4.59. The van der Waals surface area contributed by atoms with Crippen LogP contribution in [-0.4, -0.2) is 42.8 Å². The molecule has 0 saturated carbocycles. The normalized spacial score (nSPS) is 18.4. The van der Waals surface area contributed by atoms with Crippen LogP contribution in [0.5, 0.6) is 0 Å². The zero-order valence-electron chi connectivity index (χ0n) is 12.2. The average molecular weight is 320 g/mol. The molecule has 0 aromatic heterocycles. The molecular formula is C15H20F4N2O. The van der Waals surface area contributed by atoms with Gasteiger partial charge in [0.25, 0.3) is 0 Å². The van der Waals surface area contributed by atoms with Crippen molar-refractivity contribution in [3.05, 3.63) is 35.1 Å². The monoisotopic (exact) mass is 320 g/mol. The molecule has 2 rings (SSSR count). The second-order valence-electron chi connectivity index (χ2n) is 5.40. The molecule has 0 aliphatic carbocycles. The molecule has 1 heterocycles. The van der Waals surface area contributed by atoms with Crippen LogP contribution < -0.4 is 5.32 Å². The number of hydrogen-bond donors (Lipinski definition) is 2. The minimum absolute atomic E-state index is 0.0782. The molecular weight excluding hydrogens is 300 g/mol. The van der Waals surface area contributed by atoms with Gasteiger partial charge in [0.1, 0.15) is 5.82 Å². The van der Waals surface area contributed by atoms with Crippen molar-refractivity contribution in [2.24, 2.45) is 0 Å². The summed E-state index contributed by atoms with van der Waals surface area (Å²) in [7, 11) is 0. The largest absolute Gasteiger partial charge is 0.416 e.